The lowest BCUT2D eigenvalue weighted by Gasteiger charge is -2.37. The lowest BCUT2D eigenvalue weighted by Crippen LogP contribution is -2.53. The second-order valence-electron chi connectivity index (χ2n) is 7.81. The fraction of sp³-hybridized carbons (Fsp3) is 0.947. The lowest BCUT2D eigenvalue weighted by atomic mass is 10.0. The molecule has 0 radical (unpaired) electrons. The van der Waals surface area contributed by atoms with Crippen molar-refractivity contribution in [1.82, 2.24) is 20.4 Å². The van der Waals surface area contributed by atoms with Gasteiger partial charge in [-0.2, -0.15) is 0 Å². The predicted molar refractivity (Wildman–Crippen MR) is 107 cm³/mol. The Morgan fingerprint density at radius 1 is 0.923 bits per heavy atom. The van der Waals surface area contributed by atoms with E-state index in [2.05, 4.69) is 46.2 Å². The standard InChI is InChI=1S/C19H39N5O2/c1-16(2)18(24-7-11-26-12-8-24)14-22-19(20-4)21-13-17(3)15-23-5-9-25-10-6-23/h16-18H,5-15H2,1-4H3,(H2,20,21,22). The van der Waals surface area contributed by atoms with Crippen LogP contribution >= 0.6 is 0 Å². The number of ether oxygens (including phenoxy) is 2. The highest BCUT2D eigenvalue weighted by Gasteiger charge is 2.24. The number of guanidine groups is 1. The number of morpholine rings is 2. The molecule has 2 N–H and O–H groups in total. The first-order chi connectivity index (χ1) is 12.6. The van der Waals surface area contributed by atoms with Gasteiger partial charge in [-0.15, -0.1) is 0 Å². The van der Waals surface area contributed by atoms with Crippen LogP contribution in [0.25, 0.3) is 0 Å². The summed E-state index contributed by atoms with van der Waals surface area (Å²) in [4.78, 5) is 9.42. The molecule has 0 aromatic heterocycles. The van der Waals surface area contributed by atoms with Crippen molar-refractivity contribution in [3.63, 3.8) is 0 Å². The van der Waals surface area contributed by atoms with E-state index in [0.717, 1.165) is 78.2 Å². The van der Waals surface area contributed by atoms with Gasteiger partial charge >= 0.3 is 0 Å². The van der Waals surface area contributed by atoms with Gasteiger partial charge in [0.05, 0.1) is 26.4 Å². The minimum absolute atomic E-state index is 0.503. The van der Waals surface area contributed by atoms with E-state index in [9.17, 15) is 0 Å². The summed E-state index contributed by atoms with van der Waals surface area (Å²) in [6, 6.07) is 0.503. The van der Waals surface area contributed by atoms with Crippen molar-refractivity contribution in [3.05, 3.63) is 0 Å². The minimum Gasteiger partial charge on any atom is -0.379 e. The number of aliphatic imine (C=N–C) groups is 1. The zero-order valence-corrected chi connectivity index (χ0v) is 17.2. The number of nitrogens with one attached hydrogen (secondary N) is 2. The summed E-state index contributed by atoms with van der Waals surface area (Å²) in [6.07, 6.45) is 0. The Balaban J connectivity index is 1.71. The first-order valence-electron chi connectivity index (χ1n) is 10.2. The molecule has 0 aromatic carbocycles. The molecule has 7 nitrogen and oxygen atoms in total. The van der Waals surface area contributed by atoms with Gasteiger partial charge in [-0.1, -0.05) is 20.8 Å². The molecule has 7 heteroatoms. The van der Waals surface area contributed by atoms with Crippen LogP contribution in [-0.2, 0) is 9.47 Å². The molecule has 2 heterocycles. The molecule has 26 heavy (non-hydrogen) atoms. The first-order valence-corrected chi connectivity index (χ1v) is 10.2. The quantitative estimate of drug-likeness (QED) is 0.479. The molecule has 2 aliphatic rings. The highest BCUT2D eigenvalue weighted by Crippen LogP contribution is 2.12. The molecule has 152 valence electrons. The molecule has 0 aliphatic carbocycles. The maximum atomic E-state index is 5.49. The summed E-state index contributed by atoms with van der Waals surface area (Å²) in [5.41, 5.74) is 0. The molecular weight excluding hydrogens is 330 g/mol. The zero-order valence-electron chi connectivity index (χ0n) is 17.2. The molecule has 2 fully saturated rings. The van der Waals surface area contributed by atoms with Crippen LogP contribution in [0, 0.1) is 11.8 Å². The van der Waals surface area contributed by atoms with E-state index in [1.165, 1.54) is 0 Å². The Morgan fingerprint density at radius 2 is 1.50 bits per heavy atom. The van der Waals surface area contributed by atoms with Gasteiger partial charge in [0.2, 0.25) is 0 Å². The molecule has 2 rings (SSSR count). The van der Waals surface area contributed by atoms with Gasteiger partial charge in [0.15, 0.2) is 5.96 Å². The van der Waals surface area contributed by atoms with Crippen LogP contribution in [0.4, 0.5) is 0 Å². The van der Waals surface area contributed by atoms with Crippen molar-refractivity contribution in [3.8, 4) is 0 Å². The highest BCUT2D eigenvalue weighted by molar-refractivity contribution is 5.79. The summed E-state index contributed by atoms with van der Waals surface area (Å²) >= 11 is 0. The van der Waals surface area contributed by atoms with Crippen LogP contribution in [0.5, 0.6) is 0 Å². The van der Waals surface area contributed by atoms with Crippen LogP contribution in [0.3, 0.4) is 0 Å². The fourth-order valence-electron chi connectivity index (χ4n) is 3.68. The van der Waals surface area contributed by atoms with Gasteiger partial charge in [-0.3, -0.25) is 14.8 Å². The molecule has 2 saturated heterocycles. The lowest BCUT2D eigenvalue weighted by molar-refractivity contribution is 0.00751. The van der Waals surface area contributed by atoms with Gasteiger partial charge in [-0.05, 0) is 11.8 Å². The van der Waals surface area contributed by atoms with Gasteiger partial charge in [0, 0.05) is 58.9 Å². The van der Waals surface area contributed by atoms with E-state index in [1.54, 1.807) is 0 Å². The molecular formula is C19H39N5O2. The van der Waals surface area contributed by atoms with Crippen molar-refractivity contribution < 1.29 is 9.47 Å². The summed E-state index contributed by atoms with van der Waals surface area (Å²) in [6.45, 7) is 17.4. The van der Waals surface area contributed by atoms with Crippen molar-refractivity contribution in [2.45, 2.75) is 26.8 Å². The molecule has 0 bridgehead atoms. The van der Waals surface area contributed by atoms with Crippen molar-refractivity contribution in [1.29, 1.82) is 0 Å². The fourth-order valence-corrected chi connectivity index (χ4v) is 3.68. The summed E-state index contributed by atoms with van der Waals surface area (Å²) in [5.74, 6) is 2.07. The minimum atomic E-state index is 0.503. The van der Waals surface area contributed by atoms with E-state index in [0.29, 0.717) is 17.9 Å². The number of nitrogens with zero attached hydrogens (tertiary/aromatic N) is 3. The summed E-state index contributed by atoms with van der Waals surface area (Å²) in [5, 5.41) is 7.02. The number of rotatable bonds is 8. The molecule has 2 aliphatic heterocycles. The van der Waals surface area contributed by atoms with E-state index >= 15 is 0 Å². The second kappa shape index (κ2) is 11.7. The highest BCUT2D eigenvalue weighted by atomic mass is 16.5. The SMILES string of the molecule is CN=C(NCC(C)CN1CCOCC1)NCC(C(C)C)N1CCOCC1. The second-order valence-corrected chi connectivity index (χ2v) is 7.81. The van der Waals surface area contributed by atoms with Gasteiger partial charge in [-0.25, -0.2) is 0 Å². The van der Waals surface area contributed by atoms with Crippen LogP contribution in [0.15, 0.2) is 4.99 Å². The van der Waals surface area contributed by atoms with Gasteiger partial charge < -0.3 is 20.1 Å². The topological polar surface area (TPSA) is 61.4 Å². The summed E-state index contributed by atoms with van der Waals surface area (Å²) in [7, 11) is 1.85. The van der Waals surface area contributed by atoms with Crippen LogP contribution in [0.2, 0.25) is 0 Å². The van der Waals surface area contributed by atoms with Crippen molar-refractivity contribution >= 4 is 5.96 Å². The van der Waals surface area contributed by atoms with E-state index < -0.39 is 0 Å². The van der Waals surface area contributed by atoms with E-state index in [4.69, 9.17) is 9.47 Å². The molecule has 0 amide bonds. The Labute approximate surface area is 159 Å². The molecule has 0 saturated carbocycles. The average Bonchev–Trinajstić information content (AvgIpc) is 2.66. The van der Waals surface area contributed by atoms with Crippen LogP contribution < -0.4 is 10.6 Å². The van der Waals surface area contributed by atoms with Crippen molar-refractivity contribution in [2.24, 2.45) is 16.8 Å². The third-order valence-corrected chi connectivity index (χ3v) is 5.28. The maximum Gasteiger partial charge on any atom is 0.191 e. The van der Waals surface area contributed by atoms with Gasteiger partial charge in [0.1, 0.15) is 0 Å². The molecule has 0 spiro atoms. The molecule has 2 unspecified atom stereocenters. The van der Waals surface area contributed by atoms with E-state index in [-0.39, 0.29) is 0 Å². The van der Waals surface area contributed by atoms with Crippen LogP contribution in [0.1, 0.15) is 20.8 Å². The third-order valence-electron chi connectivity index (χ3n) is 5.28. The van der Waals surface area contributed by atoms with Crippen molar-refractivity contribution in [2.75, 3.05) is 79.3 Å². The molecule has 2 atom stereocenters. The smallest absolute Gasteiger partial charge is 0.191 e. The largest absolute Gasteiger partial charge is 0.379 e. The Hall–Kier alpha value is -0.890. The Morgan fingerprint density at radius 3 is 2.08 bits per heavy atom. The normalized spacial score (nSPS) is 23.0. The number of hydrogen-bond acceptors (Lipinski definition) is 5. The Kier molecular flexibility index (Phi) is 9.67. The summed E-state index contributed by atoms with van der Waals surface area (Å²) < 4.78 is 10.9. The third kappa shape index (κ3) is 7.39. The zero-order chi connectivity index (χ0) is 18.8. The maximum absolute atomic E-state index is 5.49. The van der Waals surface area contributed by atoms with Crippen LogP contribution in [-0.4, -0.2) is 101 Å². The van der Waals surface area contributed by atoms with Gasteiger partial charge in [0.25, 0.3) is 0 Å². The average molecular weight is 370 g/mol. The predicted octanol–water partition coefficient (Wildman–Crippen LogP) is 0.477. The van der Waals surface area contributed by atoms with E-state index in [1.807, 2.05) is 7.05 Å². The Bertz CT molecular complexity index is 407. The monoisotopic (exact) mass is 369 g/mol. The molecule has 0 aromatic rings. The first kappa shape index (κ1) is 21.4. The number of hydrogen-bond donors (Lipinski definition) is 2.